The molecule has 2 atom stereocenters. The van der Waals surface area contributed by atoms with Gasteiger partial charge < -0.3 is 9.64 Å². The fraction of sp³-hybridized carbons (Fsp3) is 0.938. The number of hydrogen-bond acceptors (Lipinski definition) is 3. The van der Waals surface area contributed by atoms with Crippen LogP contribution in [0.5, 0.6) is 0 Å². The standard InChI is InChI=1S/C16H30N2O2/c1-12(2)9-14-17-16(7-5-6-8-16)15(19)18(14)10-13(3)11-20-4/h12-14,17H,5-11H2,1-4H3. The number of methoxy groups -OCH3 is 1. The van der Waals surface area contributed by atoms with Crippen LogP contribution in [0.15, 0.2) is 0 Å². The molecule has 1 saturated heterocycles. The van der Waals surface area contributed by atoms with Crippen LogP contribution in [-0.2, 0) is 9.53 Å². The maximum Gasteiger partial charge on any atom is 0.244 e. The summed E-state index contributed by atoms with van der Waals surface area (Å²) in [5.74, 6) is 1.32. The molecule has 20 heavy (non-hydrogen) atoms. The number of carbonyl (C=O) groups is 1. The molecule has 1 spiro atoms. The maximum atomic E-state index is 12.9. The van der Waals surface area contributed by atoms with Crippen LogP contribution in [0.2, 0.25) is 0 Å². The molecule has 4 heteroatoms. The SMILES string of the molecule is COCC(C)CN1C(=O)C2(CCCC2)NC1CC(C)C. The highest BCUT2D eigenvalue weighted by Gasteiger charge is 2.52. The van der Waals surface area contributed by atoms with Crippen molar-refractivity contribution in [2.24, 2.45) is 11.8 Å². The van der Waals surface area contributed by atoms with Crippen molar-refractivity contribution in [3.05, 3.63) is 0 Å². The predicted octanol–water partition coefficient (Wildman–Crippen LogP) is 2.39. The van der Waals surface area contributed by atoms with E-state index in [0.717, 1.165) is 25.8 Å². The Balaban J connectivity index is 2.09. The van der Waals surface area contributed by atoms with Gasteiger partial charge in [0, 0.05) is 13.7 Å². The maximum absolute atomic E-state index is 12.9. The molecule has 1 N–H and O–H groups in total. The Morgan fingerprint density at radius 3 is 2.55 bits per heavy atom. The fourth-order valence-corrected chi connectivity index (χ4v) is 3.73. The van der Waals surface area contributed by atoms with Crippen molar-refractivity contribution in [1.29, 1.82) is 0 Å². The van der Waals surface area contributed by atoms with E-state index in [2.05, 4.69) is 31.0 Å². The van der Waals surface area contributed by atoms with E-state index in [0.29, 0.717) is 24.3 Å². The number of hydrogen-bond donors (Lipinski definition) is 1. The van der Waals surface area contributed by atoms with Crippen LogP contribution in [-0.4, -0.2) is 42.8 Å². The van der Waals surface area contributed by atoms with E-state index in [1.807, 2.05) is 0 Å². The van der Waals surface area contributed by atoms with E-state index in [4.69, 9.17) is 4.74 Å². The third kappa shape index (κ3) is 3.17. The lowest BCUT2D eigenvalue weighted by Gasteiger charge is -2.28. The molecule has 2 rings (SSSR count). The van der Waals surface area contributed by atoms with Crippen LogP contribution in [0.4, 0.5) is 0 Å². The molecule has 0 aromatic heterocycles. The zero-order chi connectivity index (χ0) is 14.8. The smallest absolute Gasteiger partial charge is 0.244 e. The molecule has 2 fully saturated rings. The van der Waals surface area contributed by atoms with E-state index < -0.39 is 0 Å². The fourth-order valence-electron chi connectivity index (χ4n) is 3.73. The number of nitrogens with one attached hydrogen (secondary N) is 1. The van der Waals surface area contributed by atoms with Gasteiger partial charge in [0.2, 0.25) is 5.91 Å². The third-order valence-electron chi connectivity index (χ3n) is 4.60. The Labute approximate surface area is 123 Å². The number of amides is 1. The van der Waals surface area contributed by atoms with Crippen LogP contribution in [0, 0.1) is 11.8 Å². The lowest BCUT2D eigenvalue weighted by molar-refractivity contribution is -0.134. The Morgan fingerprint density at radius 2 is 2.00 bits per heavy atom. The van der Waals surface area contributed by atoms with E-state index in [9.17, 15) is 4.79 Å². The Hall–Kier alpha value is -0.610. The molecule has 1 aliphatic carbocycles. The van der Waals surface area contributed by atoms with Crippen molar-refractivity contribution in [1.82, 2.24) is 10.2 Å². The molecule has 0 aromatic carbocycles. The summed E-state index contributed by atoms with van der Waals surface area (Å²) in [5, 5.41) is 3.68. The Kier molecular flexibility index (Phi) is 5.08. The van der Waals surface area contributed by atoms with Crippen molar-refractivity contribution >= 4 is 5.91 Å². The molecular weight excluding hydrogens is 252 g/mol. The monoisotopic (exact) mass is 282 g/mol. The second-order valence-corrected chi connectivity index (χ2v) is 7.10. The minimum Gasteiger partial charge on any atom is -0.384 e. The molecule has 0 aromatic rings. The number of nitrogens with zero attached hydrogens (tertiary/aromatic N) is 1. The first-order chi connectivity index (χ1) is 9.48. The molecule has 1 aliphatic heterocycles. The summed E-state index contributed by atoms with van der Waals surface area (Å²) in [7, 11) is 1.73. The lowest BCUT2D eigenvalue weighted by atomic mass is 9.97. The van der Waals surface area contributed by atoms with Gasteiger partial charge in [-0.1, -0.05) is 33.6 Å². The van der Waals surface area contributed by atoms with Gasteiger partial charge in [-0.25, -0.2) is 0 Å². The second-order valence-electron chi connectivity index (χ2n) is 7.10. The highest BCUT2D eigenvalue weighted by atomic mass is 16.5. The molecule has 2 unspecified atom stereocenters. The highest BCUT2D eigenvalue weighted by Crippen LogP contribution is 2.37. The van der Waals surface area contributed by atoms with Gasteiger partial charge in [-0.3, -0.25) is 10.1 Å². The number of ether oxygens (including phenoxy) is 1. The first kappa shape index (κ1) is 15.8. The zero-order valence-corrected chi connectivity index (χ0v) is 13.4. The number of rotatable bonds is 6. The van der Waals surface area contributed by atoms with Crippen LogP contribution in [0.25, 0.3) is 0 Å². The number of carbonyl (C=O) groups excluding carboxylic acids is 1. The topological polar surface area (TPSA) is 41.6 Å². The van der Waals surface area contributed by atoms with E-state index in [-0.39, 0.29) is 11.7 Å². The van der Waals surface area contributed by atoms with Gasteiger partial charge in [0.05, 0.1) is 18.3 Å². The first-order valence-corrected chi connectivity index (χ1v) is 8.06. The van der Waals surface area contributed by atoms with Crippen molar-refractivity contribution in [2.75, 3.05) is 20.3 Å². The summed E-state index contributed by atoms with van der Waals surface area (Å²) in [4.78, 5) is 15.0. The van der Waals surface area contributed by atoms with Crippen LogP contribution in [0.3, 0.4) is 0 Å². The van der Waals surface area contributed by atoms with Crippen molar-refractivity contribution in [3.63, 3.8) is 0 Å². The Bertz CT molecular complexity index is 337. The predicted molar refractivity (Wildman–Crippen MR) is 80.3 cm³/mol. The summed E-state index contributed by atoms with van der Waals surface area (Å²) in [5.41, 5.74) is -0.244. The molecule has 1 amide bonds. The summed E-state index contributed by atoms with van der Waals surface area (Å²) < 4.78 is 5.22. The van der Waals surface area contributed by atoms with Gasteiger partial charge in [0.25, 0.3) is 0 Å². The van der Waals surface area contributed by atoms with Crippen molar-refractivity contribution in [3.8, 4) is 0 Å². The average molecular weight is 282 g/mol. The summed E-state index contributed by atoms with van der Waals surface area (Å²) >= 11 is 0. The lowest BCUT2D eigenvalue weighted by Crippen LogP contribution is -2.45. The van der Waals surface area contributed by atoms with E-state index >= 15 is 0 Å². The average Bonchev–Trinajstić information content (AvgIpc) is 2.91. The van der Waals surface area contributed by atoms with Crippen molar-refractivity contribution < 1.29 is 9.53 Å². The van der Waals surface area contributed by atoms with Crippen LogP contribution in [0.1, 0.15) is 52.9 Å². The van der Waals surface area contributed by atoms with Crippen LogP contribution < -0.4 is 5.32 Å². The molecule has 4 nitrogen and oxygen atoms in total. The normalized spacial score (nSPS) is 26.9. The van der Waals surface area contributed by atoms with Gasteiger partial charge >= 0.3 is 0 Å². The molecule has 1 heterocycles. The van der Waals surface area contributed by atoms with Crippen molar-refractivity contribution in [2.45, 2.75) is 64.6 Å². The van der Waals surface area contributed by atoms with Gasteiger partial charge in [-0.15, -0.1) is 0 Å². The van der Waals surface area contributed by atoms with Gasteiger partial charge in [-0.2, -0.15) is 0 Å². The Morgan fingerprint density at radius 1 is 1.35 bits per heavy atom. The van der Waals surface area contributed by atoms with Gasteiger partial charge in [0.1, 0.15) is 0 Å². The zero-order valence-electron chi connectivity index (χ0n) is 13.4. The molecule has 1 saturated carbocycles. The molecule has 2 aliphatic rings. The van der Waals surface area contributed by atoms with E-state index in [1.165, 1.54) is 12.8 Å². The summed E-state index contributed by atoms with van der Waals surface area (Å²) in [6.45, 7) is 8.12. The summed E-state index contributed by atoms with van der Waals surface area (Å²) in [6, 6.07) is 0. The molecule has 116 valence electrons. The van der Waals surface area contributed by atoms with Gasteiger partial charge in [0.15, 0.2) is 0 Å². The van der Waals surface area contributed by atoms with Gasteiger partial charge in [-0.05, 0) is 31.1 Å². The van der Waals surface area contributed by atoms with Crippen LogP contribution >= 0.6 is 0 Å². The quantitative estimate of drug-likeness (QED) is 0.813. The first-order valence-electron chi connectivity index (χ1n) is 8.06. The minimum atomic E-state index is -0.244. The summed E-state index contributed by atoms with van der Waals surface area (Å²) in [6.07, 6.45) is 5.61. The second kappa shape index (κ2) is 6.44. The molecule has 0 radical (unpaired) electrons. The highest BCUT2D eigenvalue weighted by molar-refractivity contribution is 5.89. The minimum absolute atomic E-state index is 0.208. The third-order valence-corrected chi connectivity index (χ3v) is 4.60. The van der Waals surface area contributed by atoms with E-state index in [1.54, 1.807) is 7.11 Å². The molecule has 0 bridgehead atoms. The largest absolute Gasteiger partial charge is 0.384 e. The molecular formula is C16H30N2O2.